The van der Waals surface area contributed by atoms with Crippen LogP contribution >= 0.6 is 0 Å². The third-order valence-corrected chi connectivity index (χ3v) is 5.85. The first-order valence-corrected chi connectivity index (χ1v) is 10.2. The van der Waals surface area contributed by atoms with Crippen LogP contribution in [0.2, 0.25) is 0 Å². The Kier molecular flexibility index (Phi) is 6.75. The summed E-state index contributed by atoms with van der Waals surface area (Å²) in [5.41, 5.74) is -2.34. The zero-order valence-electron chi connectivity index (χ0n) is 18.4. The minimum absolute atomic E-state index is 0.00502. The Labute approximate surface area is 180 Å². The van der Waals surface area contributed by atoms with E-state index in [4.69, 9.17) is 0 Å². The average Bonchev–Trinajstić information content (AvgIpc) is 2.71. The number of rotatable bonds is 7. The molecule has 1 aromatic carbocycles. The summed E-state index contributed by atoms with van der Waals surface area (Å²) in [4.78, 5) is 24.8. The predicted octanol–water partition coefficient (Wildman–Crippen LogP) is 3.64. The number of hydrogen-bond acceptors (Lipinski definition) is 8. The van der Waals surface area contributed by atoms with E-state index in [0.717, 1.165) is 0 Å². The number of Topliss-reactive ketones (excluding diaryl/α,β-unsaturated/α-hetero) is 2. The lowest BCUT2D eigenvalue weighted by atomic mass is 9.73. The van der Waals surface area contributed by atoms with Gasteiger partial charge < -0.3 is 30.6 Å². The fourth-order valence-electron chi connectivity index (χ4n) is 3.81. The smallest absolute Gasteiger partial charge is 0.170 e. The number of benzene rings is 1. The summed E-state index contributed by atoms with van der Waals surface area (Å²) in [5.74, 6) is -3.62. The molecule has 8 heteroatoms. The third-order valence-electron chi connectivity index (χ3n) is 5.85. The molecule has 0 spiro atoms. The molecule has 0 bridgehead atoms. The van der Waals surface area contributed by atoms with E-state index in [1.807, 2.05) is 0 Å². The van der Waals surface area contributed by atoms with Gasteiger partial charge in [-0.15, -0.1) is 0 Å². The zero-order chi connectivity index (χ0) is 23.8. The lowest BCUT2D eigenvalue weighted by Gasteiger charge is -2.35. The highest BCUT2D eigenvalue weighted by atomic mass is 16.3. The number of ketones is 2. The normalized spacial score (nSPS) is 18.5. The highest BCUT2D eigenvalue weighted by molar-refractivity contribution is 6.02. The Morgan fingerprint density at radius 3 is 2.00 bits per heavy atom. The molecular formula is C23H30O8. The fourth-order valence-corrected chi connectivity index (χ4v) is 3.81. The summed E-state index contributed by atoms with van der Waals surface area (Å²) >= 11 is 0. The van der Waals surface area contributed by atoms with Crippen LogP contribution in [0.5, 0.6) is 17.2 Å². The van der Waals surface area contributed by atoms with Gasteiger partial charge in [0, 0.05) is 36.0 Å². The van der Waals surface area contributed by atoms with E-state index in [2.05, 4.69) is 0 Å². The van der Waals surface area contributed by atoms with Gasteiger partial charge in [0.1, 0.15) is 40.4 Å². The van der Waals surface area contributed by atoms with Gasteiger partial charge in [-0.2, -0.15) is 0 Å². The lowest BCUT2D eigenvalue weighted by molar-refractivity contribution is -0.116. The number of aliphatic hydroxyl groups is 3. The van der Waals surface area contributed by atoms with Gasteiger partial charge in [0.15, 0.2) is 11.6 Å². The molecule has 1 unspecified atom stereocenters. The van der Waals surface area contributed by atoms with Crippen molar-refractivity contribution in [2.24, 2.45) is 5.41 Å². The molecule has 0 amide bonds. The first-order valence-electron chi connectivity index (χ1n) is 10.2. The minimum atomic E-state index is -1.68. The van der Waals surface area contributed by atoms with Crippen LogP contribution in [0.4, 0.5) is 0 Å². The van der Waals surface area contributed by atoms with Crippen LogP contribution in [0.25, 0.3) is 0 Å². The molecule has 31 heavy (non-hydrogen) atoms. The first-order chi connectivity index (χ1) is 14.3. The molecule has 1 aliphatic rings. The number of aliphatic hydroxyl groups excluding tert-OH is 3. The highest BCUT2D eigenvalue weighted by Crippen LogP contribution is 2.47. The predicted molar refractivity (Wildman–Crippen MR) is 114 cm³/mol. The van der Waals surface area contributed by atoms with Crippen molar-refractivity contribution in [1.82, 2.24) is 0 Å². The third kappa shape index (κ3) is 3.87. The molecule has 2 rings (SSSR count). The van der Waals surface area contributed by atoms with E-state index in [-0.39, 0.29) is 40.7 Å². The van der Waals surface area contributed by atoms with Gasteiger partial charge in [-0.1, -0.05) is 13.8 Å². The van der Waals surface area contributed by atoms with Crippen molar-refractivity contribution in [2.45, 2.75) is 66.4 Å². The van der Waals surface area contributed by atoms with Gasteiger partial charge in [-0.05, 0) is 27.2 Å². The molecule has 0 heterocycles. The minimum Gasteiger partial charge on any atom is -0.511 e. The number of aromatic hydroxyl groups is 3. The van der Waals surface area contributed by atoms with Crippen LogP contribution in [-0.2, 0) is 11.2 Å². The molecule has 1 aliphatic carbocycles. The van der Waals surface area contributed by atoms with E-state index in [9.17, 15) is 40.2 Å². The summed E-state index contributed by atoms with van der Waals surface area (Å²) < 4.78 is 0. The van der Waals surface area contributed by atoms with Crippen LogP contribution in [0.1, 0.15) is 68.4 Å². The quantitative estimate of drug-likeness (QED) is 0.355. The van der Waals surface area contributed by atoms with Crippen molar-refractivity contribution >= 4 is 11.6 Å². The van der Waals surface area contributed by atoms with Crippen LogP contribution in [0, 0.1) is 12.3 Å². The van der Waals surface area contributed by atoms with Crippen molar-refractivity contribution in [2.75, 3.05) is 0 Å². The van der Waals surface area contributed by atoms with Gasteiger partial charge in [0.25, 0.3) is 0 Å². The number of hydrogen-bond donors (Lipinski definition) is 6. The van der Waals surface area contributed by atoms with E-state index in [0.29, 0.717) is 6.42 Å². The molecular weight excluding hydrogens is 404 g/mol. The summed E-state index contributed by atoms with van der Waals surface area (Å²) in [6.45, 7) is 7.61. The van der Waals surface area contributed by atoms with Crippen molar-refractivity contribution < 1.29 is 40.2 Å². The van der Waals surface area contributed by atoms with E-state index < -0.39 is 58.3 Å². The van der Waals surface area contributed by atoms with Gasteiger partial charge in [-0.25, -0.2) is 0 Å². The maximum absolute atomic E-state index is 12.5. The monoisotopic (exact) mass is 434 g/mol. The Morgan fingerprint density at radius 1 is 0.903 bits per heavy atom. The Hall–Kier alpha value is -3.00. The molecule has 0 aliphatic heterocycles. The fraction of sp³-hybridized carbons (Fsp3) is 0.478. The average molecular weight is 434 g/mol. The highest BCUT2D eigenvalue weighted by Gasteiger charge is 2.44. The molecule has 6 N–H and O–H groups in total. The van der Waals surface area contributed by atoms with Crippen molar-refractivity contribution in [3.8, 4) is 17.2 Å². The van der Waals surface area contributed by atoms with Gasteiger partial charge in [0.2, 0.25) is 0 Å². The summed E-state index contributed by atoms with van der Waals surface area (Å²) in [6, 6.07) is 0. The molecule has 1 aromatic rings. The summed E-state index contributed by atoms with van der Waals surface area (Å²) in [6.07, 6.45) is -1.57. The molecule has 8 nitrogen and oxygen atoms in total. The molecule has 1 atom stereocenters. The molecule has 170 valence electrons. The van der Waals surface area contributed by atoms with Crippen molar-refractivity contribution in [1.29, 1.82) is 0 Å². The van der Waals surface area contributed by atoms with Gasteiger partial charge >= 0.3 is 0 Å². The molecule has 0 radical (unpaired) electrons. The van der Waals surface area contributed by atoms with E-state index in [1.165, 1.54) is 20.8 Å². The molecule has 0 fully saturated rings. The van der Waals surface area contributed by atoms with Crippen LogP contribution < -0.4 is 0 Å². The number of carbonyl (C=O) groups excluding carboxylic acids is 2. The summed E-state index contributed by atoms with van der Waals surface area (Å²) in [5, 5.41) is 63.7. The van der Waals surface area contributed by atoms with E-state index >= 15 is 0 Å². The van der Waals surface area contributed by atoms with Crippen molar-refractivity contribution in [3.63, 3.8) is 0 Å². The lowest BCUT2D eigenvalue weighted by Crippen LogP contribution is -2.36. The largest absolute Gasteiger partial charge is 0.511 e. The first kappa shape index (κ1) is 24.3. The van der Waals surface area contributed by atoms with E-state index in [1.54, 1.807) is 13.8 Å². The van der Waals surface area contributed by atoms with Crippen LogP contribution in [-0.4, -0.2) is 48.3 Å². The standard InChI is InChI=1S/C23H30O8/c1-6-8-14(25)15-18(27)10(3)17(26)11(19(15)28)9-12-20(29)16(13(24)7-2)22(31)23(4,5)21(12)30/h20,26-31H,6-9H2,1-5H3. The Bertz CT molecular complexity index is 998. The maximum Gasteiger partial charge on any atom is 0.170 e. The second-order valence-electron chi connectivity index (χ2n) is 8.31. The van der Waals surface area contributed by atoms with Crippen molar-refractivity contribution in [3.05, 3.63) is 39.4 Å². The Morgan fingerprint density at radius 2 is 1.48 bits per heavy atom. The van der Waals surface area contributed by atoms with Crippen LogP contribution in [0.3, 0.4) is 0 Å². The zero-order valence-corrected chi connectivity index (χ0v) is 18.4. The molecule has 0 saturated carbocycles. The SMILES string of the molecule is CCCC(=O)c1c(O)c(C)c(O)c(CC2=C(O)C(C)(C)C(O)=C(C(=O)CC)C2O)c1O. The topological polar surface area (TPSA) is 156 Å². The second kappa shape index (κ2) is 8.63. The second-order valence-corrected chi connectivity index (χ2v) is 8.31. The van der Waals surface area contributed by atoms with Gasteiger partial charge in [0.05, 0.1) is 11.0 Å². The number of phenols is 3. The Balaban J connectivity index is 2.71. The van der Waals surface area contributed by atoms with Gasteiger partial charge in [-0.3, -0.25) is 9.59 Å². The molecule has 0 saturated heterocycles. The number of phenolic OH excluding ortho intramolecular Hbond substituents is 3. The summed E-state index contributed by atoms with van der Waals surface area (Å²) in [7, 11) is 0. The number of carbonyl (C=O) groups is 2. The molecule has 0 aromatic heterocycles. The van der Waals surface area contributed by atoms with Crippen LogP contribution in [0.15, 0.2) is 22.7 Å². The maximum atomic E-state index is 12.5.